The number of rotatable bonds is 10. The van der Waals surface area contributed by atoms with Crippen LogP contribution < -0.4 is 20.2 Å². The molecular formula is C24H27N5O5. The van der Waals surface area contributed by atoms with Gasteiger partial charge in [-0.2, -0.15) is 10.1 Å². The van der Waals surface area contributed by atoms with E-state index in [1.165, 1.54) is 7.11 Å². The number of methoxy groups -OCH3 is 2. The molecule has 1 aromatic heterocycles. The minimum Gasteiger partial charge on any atom is -0.493 e. The fourth-order valence-electron chi connectivity index (χ4n) is 3.11. The third kappa shape index (κ3) is 6.89. The third-order valence-corrected chi connectivity index (χ3v) is 4.78. The molecule has 0 bridgehead atoms. The maximum absolute atomic E-state index is 12.2. The van der Waals surface area contributed by atoms with Crippen LogP contribution in [0.1, 0.15) is 30.4 Å². The highest BCUT2D eigenvalue weighted by molar-refractivity contribution is 6.00. The molecule has 3 rings (SSSR count). The number of carbonyl (C=O) groups is 2. The summed E-state index contributed by atoms with van der Waals surface area (Å²) in [5.74, 6) is 1.27. The molecule has 0 radical (unpaired) electrons. The van der Waals surface area contributed by atoms with Crippen molar-refractivity contribution in [3.05, 3.63) is 59.5 Å². The zero-order valence-corrected chi connectivity index (χ0v) is 19.5. The smallest absolute Gasteiger partial charge is 0.246 e. The summed E-state index contributed by atoms with van der Waals surface area (Å²) in [6.07, 6.45) is 0.110. The Balaban J connectivity index is 1.45. The van der Waals surface area contributed by atoms with Gasteiger partial charge in [0.1, 0.15) is 0 Å². The highest BCUT2D eigenvalue weighted by atomic mass is 16.5. The molecule has 2 amide bonds. The quantitative estimate of drug-likeness (QED) is 0.348. The van der Waals surface area contributed by atoms with Crippen LogP contribution in [0.2, 0.25) is 0 Å². The number of carbonyl (C=O) groups excluding carboxylic acids is 2. The van der Waals surface area contributed by atoms with Gasteiger partial charge in [-0.05, 0) is 37.6 Å². The molecule has 0 saturated heterocycles. The molecule has 178 valence electrons. The Kier molecular flexibility index (Phi) is 8.33. The molecule has 0 aliphatic rings. The van der Waals surface area contributed by atoms with Crippen LogP contribution in [-0.2, 0) is 22.6 Å². The standard InChI is InChI=1S/C24H27N5O5/c1-15-6-5-7-18(10-15)24-26-23(34-29-24)14-25-21(30)11-16(2)27-28-22(31)13-17-8-9-19(32-3)20(12-17)33-4/h5-10,12H,11,13-14H2,1-4H3,(H,25,30)(H,28,31)/b27-16-. The highest BCUT2D eigenvalue weighted by Gasteiger charge is 2.12. The second-order valence-corrected chi connectivity index (χ2v) is 7.58. The number of aromatic nitrogens is 2. The van der Waals surface area contributed by atoms with E-state index in [0.29, 0.717) is 28.9 Å². The van der Waals surface area contributed by atoms with E-state index in [-0.39, 0.29) is 31.2 Å². The molecular weight excluding hydrogens is 438 g/mol. The zero-order chi connectivity index (χ0) is 24.5. The van der Waals surface area contributed by atoms with Crippen molar-refractivity contribution in [3.8, 4) is 22.9 Å². The number of hydrazone groups is 1. The van der Waals surface area contributed by atoms with Crippen LogP contribution >= 0.6 is 0 Å². The molecule has 0 saturated carbocycles. The predicted octanol–water partition coefficient (Wildman–Crippen LogP) is 2.80. The summed E-state index contributed by atoms with van der Waals surface area (Å²) in [4.78, 5) is 28.7. The zero-order valence-electron chi connectivity index (χ0n) is 19.5. The number of aryl methyl sites for hydroxylation is 1. The molecule has 0 aliphatic carbocycles. The van der Waals surface area contributed by atoms with Gasteiger partial charge >= 0.3 is 0 Å². The molecule has 1 heterocycles. The van der Waals surface area contributed by atoms with Crippen molar-refractivity contribution in [2.45, 2.75) is 33.2 Å². The van der Waals surface area contributed by atoms with Crippen molar-refractivity contribution >= 4 is 17.5 Å². The molecule has 2 aromatic carbocycles. The molecule has 0 fully saturated rings. The Bertz CT molecular complexity index is 1190. The van der Waals surface area contributed by atoms with Crippen LogP contribution in [0.25, 0.3) is 11.4 Å². The number of benzene rings is 2. The first-order valence-corrected chi connectivity index (χ1v) is 10.6. The average Bonchev–Trinajstić information content (AvgIpc) is 3.30. The van der Waals surface area contributed by atoms with E-state index in [0.717, 1.165) is 16.7 Å². The van der Waals surface area contributed by atoms with Crippen molar-refractivity contribution in [1.29, 1.82) is 0 Å². The number of hydrogen-bond donors (Lipinski definition) is 2. The fraction of sp³-hybridized carbons (Fsp3) is 0.292. The van der Waals surface area contributed by atoms with E-state index in [1.54, 1.807) is 32.2 Å². The van der Waals surface area contributed by atoms with Crippen LogP contribution in [0.5, 0.6) is 11.5 Å². The van der Waals surface area contributed by atoms with E-state index < -0.39 is 0 Å². The molecule has 0 aliphatic heterocycles. The molecule has 3 aromatic rings. The fourth-order valence-corrected chi connectivity index (χ4v) is 3.11. The number of ether oxygens (including phenoxy) is 2. The van der Waals surface area contributed by atoms with E-state index in [9.17, 15) is 9.59 Å². The van der Waals surface area contributed by atoms with Gasteiger partial charge in [0.25, 0.3) is 0 Å². The maximum atomic E-state index is 12.2. The monoisotopic (exact) mass is 465 g/mol. The molecule has 2 N–H and O–H groups in total. The van der Waals surface area contributed by atoms with Crippen LogP contribution in [0.15, 0.2) is 52.1 Å². The normalized spacial score (nSPS) is 11.1. The maximum Gasteiger partial charge on any atom is 0.246 e. The molecule has 0 spiro atoms. The van der Waals surface area contributed by atoms with Crippen molar-refractivity contribution in [1.82, 2.24) is 20.9 Å². The first kappa shape index (κ1) is 24.4. The van der Waals surface area contributed by atoms with Crippen molar-refractivity contribution in [2.24, 2.45) is 5.10 Å². The van der Waals surface area contributed by atoms with Gasteiger partial charge < -0.3 is 19.3 Å². The van der Waals surface area contributed by atoms with Crippen molar-refractivity contribution in [3.63, 3.8) is 0 Å². The Morgan fingerprint density at radius 1 is 1.06 bits per heavy atom. The van der Waals surface area contributed by atoms with Gasteiger partial charge in [-0.3, -0.25) is 9.59 Å². The Hall–Kier alpha value is -4.21. The Morgan fingerprint density at radius 3 is 2.59 bits per heavy atom. The predicted molar refractivity (Wildman–Crippen MR) is 125 cm³/mol. The summed E-state index contributed by atoms with van der Waals surface area (Å²) in [7, 11) is 3.07. The molecule has 10 heteroatoms. The number of nitrogens with zero attached hydrogens (tertiary/aromatic N) is 3. The summed E-state index contributed by atoms with van der Waals surface area (Å²) < 4.78 is 15.6. The van der Waals surface area contributed by atoms with Gasteiger partial charge in [0, 0.05) is 11.3 Å². The van der Waals surface area contributed by atoms with E-state index in [2.05, 4.69) is 26.0 Å². The van der Waals surface area contributed by atoms with Crippen LogP contribution in [0.3, 0.4) is 0 Å². The van der Waals surface area contributed by atoms with Gasteiger partial charge in [-0.1, -0.05) is 35.0 Å². The largest absolute Gasteiger partial charge is 0.493 e. The molecule has 0 atom stereocenters. The van der Waals surface area contributed by atoms with Crippen LogP contribution in [0.4, 0.5) is 0 Å². The minimum absolute atomic E-state index is 0.00944. The van der Waals surface area contributed by atoms with Crippen molar-refractivity contribution < 1.29 is 23.6 Å². The lowest BCUT2D eigenvalue weighted by molar-refractivity contribution is -0.121. The van der Waals surface area contributed by atoms with Gasteiger partial charge in [-0.15, -0.1) is 0 Å². The number of amides is 2. The van der Waals surface area contributed by atoms with Crippen LogP contribution in [-0.4, -0.2) is 41.9 Å². The Morgan fingerprint density at radius 2 is 1.85 bits per heavy atom. The second-order valence-electron chi connectivity index (χ2n) is 7.58. The lowest BCUT2D eigenvalue weighted by atomic mass is 10.1. The lowest BCUT2D eigenvalue weighted by Gasteiger charge is -2.09. The highest BCUT2D eigenvalue weighted by Crippen LogP contribution is 2.27. The van der Waals surface area contributed by atoms with Gasteiger partial charge in [-0.25, -0.2) is 5.43 Å². The summed E-state index contributed by atoms with van der Waals surface area (Å²) in [5.41, 5.74) is 5.57. The molecule has 10 nitrogen and oxygen atoms in total. The second kappa shape index (κ2) is 11.6. The molecule has 0 unspecified atom stereocenters. The minimum atomic E-state index is -0.318. The molecule has 34 heavy (non-hydrogen) atoms. The Labute approximate surface area is 197 Å². The number of hydrogen-bond acceptors (Lipinski definition) is 8. The van der Waals surface area contributed by atoms with Gasteiger partial charge in [0.2, 0.25) is 23.5 Å². The van der Waals surface area contributed by atoms with Crippen molar-refractivity contribution in [2.75, 3.05) is 14.2 Å². The van der Waals surface area contributed by atoms with E-state index >= 15 is 0 Å². The number of nitrogens with one attached hydrogen (secondary N) is 2. The van der Waals surface area contributed by atoms with Gasteiger partial charge in [0.15, 0.2) is 11.5 Å². The summed E-state index contributed by atoms with van der Waals surface area (Å²) in [5, 5.41) is 10.6. The lowest BCUT2D eigenvalue weighted by Crippen LogP contribution is -2.26. The average molecular weight is 466 g/mol. The third-order valence-electron chi connectivity index (χ3n) is 4.78. The summed E-state index contributed by atoms with van der Waals surface area (Å²) in [6, 6.07) is 13.0. The first-order chi connectivity index (χ1) is 16.4. The van der Waals surface area contributed by atoms with Gasteiger partial charge in [0.05, 0.1) is 33.6 Å². The topological polar surface area (TPSA) is 128 Å². The summed E-state index contributed by atoms with van der Waals surface area (Å²) in [6.45, 7) is 3.72. The van der Waals surface area contributed by atoms with E-state index in [4.69, 9.17) is 14.0 Å². The van der Waals surface area contributed by atoms with E-state index in [1.807, 2.05) is 31.2 Å². The first-order valence-electron chi connectivity index (χ1n) is 10.6. The summed E-state index contributed by atoms with van der Waals surface area (Å²) >= 11 is 0. The van der Waals surface area contributed by atoms with Crippen LogP contribution in [0, 0.1) is 6.92 Å². The SMILES string of the molecule is COc1ccc(CC(=O)N/N=C(/C)CC(=O)NCc2nc(-c3cccc(C)c3)no2)cc1OC.